The molecular formula is C14H22N2O. The summed E-state index contributed by atoms with van der Waals surface area (Å²) in [6.07, 6.45) is 4.55. The fraction of sp³-hybridized carbons (Fsp3) is 0.500. The van der Waals surface area contributed by atoms with Gasteiger partial charge in [-0.1, -0.05) is 26.0 Å². The van der Waals surface area contributed by atoms with Gasteiger partial charge in [-0.15, -0.1) is 6.58 Å². The fourth-order valence-corrected chi connectivity index (χ4v) is 1.41. The standard InChI is InChI=1S/C14H22N2O/c1-4-5-9-17-11-14-13(7-6-8-15-14)10-16-12(2)3/h4,6-8,12,16H,1,5,9-11H2,2-3H3. The van der Waals surface area contributed by atoms with Gasteiger partial charge in [0.15, 0.2) is 0 Å². The monoisotopic (exact) mass is 234 g/mol. The molecule has 0 amide bonds. The van der Waals surface area contributed by atoms with E-state index in [4.69, 9.17) is 4.74 Å². The molecule has 0 aliphatic heterocycles. The Hall–Kier alpha value is -1.19. The van der Waals surface area contributed by atoms with Crippen molar-refractivity contribution in [3.8, 4) is 0 Å². The topological polar surface area (TPSA) is 34.1 Å². The largest absolute Gasteiger partial charge is 0.375 e. The van der Waals surface area contributed by atoms with Crippen LogP contribution in [0.1, 0.15) is 31.5 Å². The predicted molar refractivity (Wildman–Crippen MR) is 70.7 cm³/mol. The maximum Gasteiger partial charge on any atom is 0.0891 e. The minimum Gasteiger partial charge on any atom is -0.375 e. The first kappa shape index (κ1) is 13.9. The van der Waals surface area contributed by atoms with Crippen molar-refractivity contribution in [1.29, 1.82) is 0 Å². The van der Waals surface area contributed by atoms with Crippen molar-refractivity contribution >= 4 is 0 Å². The van der Waals surface area contributed by atoms with Gasteiger partial charge in [-0.3, -0.25) is 4.98 Å². The van der Waals surface area contributed by atoms with Crippen molar-refractivity contribution in [3.63, 3.8) is 0 Å². The molecule has 0 saturated carbocycles. The predicted octanol–water partition coefficient (Wildman–Crippen LogP) is 2.67. The molecule has 1 heterocycles. The lowest BCUT2D eigenvalue weighted by molar-refractivity contribution is 0.122. The van der Waals surface area contributed by atoms with Crippen molar-refractivity contribution in [2.75, 3.05) is 6.61 Å². The first-order valence-corrected chi connectivity index (χ1v) is 6.09. The van der Waals surface area contributed by atoms with E-state index < -0.39 is 0 Å². The summed E-state index contributed by atoms with van der Waals surface area (Å²) in [5.74, 6) is 0. The van der Waals surface area contributed by atoms with Crippen molar-refractivity contribution in [3.05, 3.63) is 42.2 Å². The molecule has 1 rings (SSSR count). The Morgan fingerprint density at radius 1 is 1.53 bits per heavy atom. The van der Waals surface area contributed by atoms with E-state index in [0.717, 1.165) is 18.7 Å². The number of ether oxygens (including phenoxy) is 1. The summed E-state index contributed by atoms with van der Waals surface area (Å²) in [5.41, 5.74) is 2.23. The highest BCUT2D eigenvalue weighted by atomic mass is 16.5. The van der Waals surface area contributed by atoms with Crippen LogP contribution in [0, 0.1) is 0 Å². The fourth-order valence-electron chi connectivity index (χ4n) is 1.41. The first-order valence-electron chi connectivity index (χ1n) is 6.09. The number of nitrogens with zero attached hydrogens (tertiary/aromatic N) is 1. The molecule has 3 heteroatoms. The number of nitrogens with one attached hydrogen (secondary N) is 1. The minimum absolute atomic E-state index is 0.477. The number of aromatic nitrogens is 1. The van der Waals surface area contributed by atoms with Crippen molar-refractivity contribution in [2.24, 2.45) is 0 Å². The molecule has 0 fully saturated rings. The second-order valence-electron chi connectivity index (χ2n) is 4.27. The zero-order chi connectivity index (χ0) is 12.5. The zero-order valence-corrected chi connectivity index (χ0v) is 10.8. The van der Waals surface area contributed by atoms with E-state index in [2.05, 4.69) is 36.8 Å². The molecule has 1 N–H and O–H groups in total. The summed E-state index contributed by atoms with van der Waals surface area (Å²) in [6, 6.07) is 4.53. The second-order valence-corrected chi connectivity index (χ2v) is 4.27. The van der Waals surface area contributed by atoms with E-state index in [9.17, 15) is 0 Å². The molecule has 0 aromatic carbocycles. The average Bonchev–Trinajstić information content (AvgIpc) is 2.33. The molecule has 0 unspecified atom stereocenters. The number of rotatable bonds is 8. The van der Waals surface area contributed by atoms with Gasteiger partial charge in [-0.05, 0) is 18.1 Å². The summed E-state index contributed by atoms with van der Waals surface area (Å²) in [7, 11) is 0. The van der Waals surface area contributed by atoms with Crippen LogP contribution < -0.4 is 5.32 Å². The summed E-state index contributed by atoms with van der Waals surface area (Å²) in [4.78, 5) is 4.36. The van der Waals surface area contributed by atoms with Gasteiger partial charge in [0, 0.05) is 18.8 Å². The van der Waals surface area contributed by atoms with Gasteiger partial charge in [-0.2, -0.15) is 0 Å². The maximum absolute atomic E-state index is 5.55. The second kappa shape index (κ2) is 7.98. The Labute approximate surface area is 104 Å². The molecule has 3 nitrogen and oxygen atoms in total. The van der Waals surface area contributed by atoms with Crippen LogP contribution in [0.2, 0.25) is 0 Å². The minimum atomic E-state index is 0.477. The molecule has 1 aromatic heterocycles. The highest BCUT2D eigenvalue weighted by molar-refractivity contribution is 5.19. The van der Waals surface area contributed by atoms with Crippen LogP contribution in [0.5, 0.6) is 0 Å². The molecule has 0 radical (unpaired) electrons. The maximum atomic E-state index is 5.55. The molecule has 94 valence electrons. The van der Waals surface area contributed by atoms with Crippen molar-refractivity contribution < 1.29 is 4.74 Å². The van der Waals surface area contributed by atoms with Crippen LogP contribution in [0.3, 0.4) is 0 Å². The SMILES string of the molecule is C=CCCOCc1ncccc1CNC(C)C. The van der Waals surface area contributed by atoms with E-state index in [1.54, 1.807) is 0 Å². The first-order chi connectivity index (χ1) is 8.24. The summed E-state index contributed by atoms with van der Waals surface area (Å²) >= 11 is 0. The molecule has 0 spiro atoms. The van der Waals surface area contributed by atoms with Crippen molar-refractivity contribution in [2.45, 2.75) is 39.5 Å². The smallest absolute Gasteiger partial charge is 0.0891 e. The van der Waals surface area contributed by atoms with Gasteiger partial charge < -0.3 is 10.1 Å². The van der Waals surface area contributed by atoms with Gasteiger partial charge >= 0.3 is 0 Å². The third-order valence-corrected chi connectivity index (χ3v) is 2.39. The lowest BCUT2D eigenvalue weighted by Gasteiger charge is -2.11. The molecule has 0 atom stereocenters. The number of pyridine rings is 1. The third-order valence-electron chi connectivity index (χ3n) is 2.39. The zero-order valence-electron chi connectivity index (χ0n) is 10.8. The van der Waals surface area contributed by atoms with Crippen LogP contribution in [0.15, 0.2) is 31.0 Å². The van der Waals surface area contributed by atoms with Gasteiger partial charge in [-0.25, -0.2) is 0 Å². The number of hydrogen-bond donors (Lipinski definition) is 1. The van der Waals surface area contributed by atoms with Crippen LogP contribution in [0.25, 0.3) is 0 Å². The molecule has 0 bridgehead atoms. The van der Waals surface area contributed by atoms with Gasteiger partial charge in [0.2, 0.25) is 0 Å². The van der Waals surface area contributed by atoms with Crippen LogP contribution in [-0.2, 0) is 17.9 Å². The van der Waals surface area contributed by atoms with Crippen molar-refractivity contribution in [1.82, 2.24) is 10.3 Å². The van der Waals surface area contributed by atoms with Gasteiger partial charge in [0.1, 0.15) is 0 Å². The van der Waals surface area contributed by atoms with Gasteiger partial charge in [0.25, 0.3) is 0 Å². The highest BCUT2D eigenvalue weighted by Crippen LogP contribution is 2.07. The van der Waals surface area contributed by atoms with E-state index >= 15 is 0 Å². The Morgan fingerprint density at radius 3 is 3.06 bits per heavy atom. The highest BCUT2D eigenvalue weighted by Gasteiger charge is 2.03. The Kier molecular flexibility index (Phi) is 6.51. The van der Waals surface area contributed by atoms with Crippen LogP contribution in [-0.4, -0.2) is 17.6 Å². The molecular weight excluding hydrogens is 212 g/mol. The van der Waals surface area contributed by atoms with E-state index in [-0.39, 0.29) is 0 Å². The lowest BCUT2D eigenvalue weighted by atomic mass is 10.2. The lowest BCUT2D eigenvalue weighted by Crippen LogP contribution is -2.22. The molecule has 0 saturated heterocycles. The number of hydrogen-bond acceptors (Lipinski definition) is 3. The van der Waals surface area contributed by atoms with E-state index in [1.165, 1.54) is 5.56 Å². The quantitative estimate of drug-likeness (QED) is 0.554. The molecule has 1 aromatic rings. The summed E-state index contributed by atoms with van der Waals surface area (Å²) in [5, 5.41) is 3.39. The van der Waals surface area contributed by atoms with Gasteiger partial charge in [0.05, 0.1) is 18.9 Å². The van der Waals surface area contributed by atoms with Crippen LogP contribution >= 0.6 is 0 Å². The molecule has 0 aliphatic carbocycles. The Balaban J connectivity index is 2.48. The summed E-state index contributed by atoms with van der Waals surface area (Å²) < 4.78 is 5.55. The van der Waals surface area contributed by atoms with Crippen LogP contribution in [0.4, 0.5) is 0 Å². The Bertz CT molecular complexity index is 337. The third kappa shape index (κ3) is 5.61. The van der Waals surface area contributed by atoms with E-state index in [1.807, 2.05) is 18.3 Å². The molecule has 17 heavy (non-hydrogen) atoms. The Morgan fingerprint density at radius 2 is 2.35 bits per heavy atom. The molecule has 0 aliphatic rings. The average molecular weight is 234 g/mol. The normalized spacial score (nSPS) is 10.8. The summed E-state index contributed by atoms with van der Waals surface area (Å²) in [6.45, 7) is 10.1. The van der Waals surface area contributed by atoms with E-state index in [0.29, 0.717) is 19.3 Å².